The summed E-state index contributed by atoms with van der Waals surface area (Å²) in [6.45, 7) is 2.33. The summed E-state index contributed by atoms with van der Waals surface area (Å²) in [5.74, 6) is 0. The maximum absolute atomic E-state index is 9.82. The molecule has 1 unspecified atom stereocenters. The fourth-order valence-electron chi connectivity index (χ4n) is 2.21. The van der Waals surface area contributed by atoms with Gasteiger partial charge in [0.15, 0.2) is 0 Å². The van der Waals surface area contributed by atoms with E-state index in [9.17, 15) is 5.11 Å². The molecule has 1 saturated carbocycles. The van der Waals surface area contributed by atoms with Crippen LogP contribution >= 0.6 is 0 Å². The average Bonchev–Trinajstić information content (AvgIpc) is 3.19. The van der Waals surface area contributed by atoms with E-state index in [1.54, 1.807) is 25.1 Å². The molecule has 1 aromatic rings. The number of anilines is 1. The molecule has 0 radical (unpaired) electrons. The molecule has 2 rings (SSSR count). The first-order valence-electron chi connectivity index (χ1n) is 6.27. The Hall–Kier alpha value is -1.57. The zero-order chi connectivity index (χ0) is 13.1. The van der Waals surface area contributed by atoms with Gasteiger partial charge in [-0.15, -0.1) is 0 Å². The Kier molecular flexibility index (Phi) is 3.85. The second-order valence-corrected chi connectivity index (χ2v) is 4.71. The summed E-state index contributed by atoms with van der Waals surface area (Å²) in [6, 6.07) is 7.87. The number of nitrogens with zero attached hydrogens (tertiary/aromatic N) is 2. The summed E-state index contributed by atoms with van der Waals surface area (Å²) >= 11 is 0. The molecule has 0 saturated heterocycles. The molecule has 0 spiro atoms. The van der Waals surface area contributed by atoms with Gasteiger partial charge in [-0.3, -0.25) is 0 Å². The minimum atomic E-state index is -0.576. The number of nitriles is 1. The van der Waals surface area contributed by atoms with E-state index in [4.69, 9.17) is 10.4 Å². The Bertz CT molecular complexity index is 461. The second-order valence-electron chi connectivity index (χ2n) is 4.71. The summed E-state index contributed by atoms with van der Waals surface area (Å²) in [7, 11) is 0. The lowest BCUT2D eigenvalue weighted by Crippen LogP contribution is -2.30. The molecule has 0 aliphatic heterocycles. The van der Waals surface area contributed by atoms with Crippen LogP contribution in [-0.2, 0) is 0 Å². The van der Waals surface area contributed by atoms with Crippen molar-refractivity contribution < 1.29 is 10.2 Å². The van der Waals surface area contributed by atoms with E-state index in [1.807, 2.05) is 0 Å². The van der Waals surface area contributed by atoms with Crippen molar-refractivity contribution in [2.75, 3.05) is 18.1 Å². The average molecular weight is 246 g/mol. The van der Waals surface area contributed by atoms with Crippen LogP contribution in [0.1, 0.15) is 37.0 Å². The van der Waals surface area contributed by atoms with Gasteiger partial charge in [0.05, 0.1) is 24.3 Å². The van der Waals surface area contributed by atoms with E-state index in [0.717, 1.165) is 24.1 Å². The van der Waals surface area contributed by atoms with Crippen LogP contribution in [0.4, 0.5) is 5.69 Å². The second kappa shape index (κ2) is 5.38. The highest BCUT2D eigenvalue weighted by atomic mass is 16.3. The van der Waals surface area contributed by atoms with E-state index in [1.165, 1.54) is 0 Å². The predicted molar refractivity (Wildman–Crippen MR) is 69.2 cm³/mol. The smallest absolute Gasteiger partial charge is 0.0992 e. The van der Waals surface area contributed by atoms with Gasteiger partial charge in [0.1, 0.15) is 0 Å². The highest BCUT2D eigenvalue weighted by Crippen LogP contribution is 2.36. The number of aliphatic hydroxyl groups is 2. The Labute approximate surface area is 107 Å². The summed E-state index contributed by atoms with van der Waals surface area (Å²) in [6.07, 6.45) is 1.64. The third-order valence-corrected chi connectivity index (χ3v) is 3.25. The minimum absolute atomic E-state index is 0.0759. The molecule has 0 bridgehead atoms. The summed E-state index contributed by atoms with van der Waals surface area (Å²) in [4.78, 5) is 2.10. The highest BCUT2D eigenvalue weighted by Gasteiger charge is 2.30. The van der Waals surface area contributed by atoms with Crippen LogP contribution in [0.5, 0.6) is 0 Å². The number of aliphatic hydroxyl groups excluding tert-OH is 2. The molecule has 4 heteroatoms. The fraction of sp³-hybridized carbons (Fsp3) is 0.500. The van der Waals surface area contributed by atoms with Crippen LogP contribution in [0.25, 0.3) is 0 Å². The van der Waals surface area contributed by atoms with Gasteiger partial charge in [0.25, 0.3) is 0 Å². The topological polar surface area (TPSA) is 67.5 Å². The molecule has 1 atom stereocenters. The normalized spacial score (nSPS) is 16.1. The number of rotatable bonds is 5. The molecule has 0 amide bonds. The molecular weight excluding hydrogens is 228 g/mol. The van der Waals surface area contributed by atoms with Gasteiger partial charge in [0.2, 0.25) is 0 Å². The van der Waals surface area contributed by atoms with Crippen molar-refractivity contribution in [1.29, 1.82) is 5.26 Å². The maximum atomic E-state index is 9.82. The molecule has 0 heterocycles. The largest absolute Gasteiger partial charge is 0.395 e. The van der Waals surface area contributed by atoms with Crippen LogP contribution in [0.3, 0.4) is 0 Å². The van der Waals surface area contributed by atoms with Crippen molar-refractivity contribution in [1.82, 2.24) is 0 Å². The number of hydrogen-bond acceptors (Lipinski definition) is 4. The lowest BCUT2D eigenvalue weighted by Gasteiger charge is -2.27. The third kappa shape index (κ3) is 2.63. The Morgan fingerprint density at radius 3 is 2.72 bits per heavy atom. The summed E-state index contributed by atoms with van der Waals surface area (Å²) in [5.41, 5.74) is 2.27. The van der Waals surface area contributed by atoms with E-state index in [-0.39, 0.29) is 6.61 Å². The zero-order valence-electron chi connectivity index (χ0n) is 10.5. The third-order valence-electron chi connectivity index (χ3n) is 3.25. The molecular formula is C14H18N2O2. The molecule has 1 fully saturated rings. The maximum Gasteiger partial charge on any atom is 0.0992 e. The molecule has 96 valence electrons. The molecule has 1 aliphatic rings. The van der Waals surface area contributed by atoms with Crippen molar-refractivity contribution in [3.8, 4) is 6.07 Å². The standard InChI is InChI=1S/C14H18N2O2/c1-10(18)13-5-2-11(9-15)8-14(13)16(6-7-17)12-3-4-12/h2,5,8,10,12,17-18H,3-4,6-7H2,1H3. The quantitative estimate of drug-likeness (QED) is 0.827. The SMILES string of the molecule is CC(O)c1ccc(C#N)cc1N(CCO)C1CC1. The molecule has 4 nitrogen and oxygen atoms in total. The van der Waals surface area contributed by atoms with Crippen molar-refractivity contribution in [3.05, 3.63) is 29.3 Å². The molecule has 0 aromatic heterocycles. The monoisotopic (exact) mass is 246 g/mol. The van der Waals surface area contributed by atoms with E-state index >= 15 is 0 Å². The molecule has 18 heavy (non-hydrogen) atoms. The lowest BCUT2D eigenvalue weighted by molar-refractivity contribution is 0.199. The first kappa shape index (κ1) is 12.9. The van der Waals surface area contributed by atoms with Crippen molar-refractivity contribution in [3.63, 3.8) is 0 Å². The number of hydrogen-bond donors (Lipinski definition) is 2. The number of benzene rings is 1. The van der Waals surface area contributed by atoms with E-state index in [2.05, 4.69) is 11.0 Å². The molecule has 1 aliphatic carbocycles. The van der Waals surface area contributed by atoms with Gasteiger partial charge in [0, 0.05) is 23.8 Å². The van der Waals surface area contributed by atoms with E-state index < -0.39 is 6.10 Å². The van der Waals surface area contributed by atoms with Gasteiger partial charge >= 0.3 is 0 Å². The fourth-order valence-corrected chi connectivity index (χ4v) is 2.21. The highest BCUT2D eigenvalue weighted by molar-refractivity contribution is 5.59. The summed E-state index contributed by atoms with van der Waals surface area (Å²) in [5, 5.41) is 28.0. The first-order chi connectivity index (χ1) is 8.67. The Morgan fingerprint density at radius 2 is 2.22 bits per heavy atom. The van der Waals surface area contributed by atoms with Crippen LogP contribution < -0.4 is 4.90 Å². The summed E-state index contributed by atoms with van der Waals surface area (Å²) < 4.78 is 0. The Morgan fingerprint density at radius 1 is 1.50 bits per heavy atom. The molecule has 1 aromatic carbocycles. The minimum Gasteiger partial charge on any atom is -0.395 e. The van der Waals surface area contributed by atoms with Crippen LogP contribution in [-0.4, -0.2) is 29.4 Å². The van der Waals surface area contributed by atoms with Gasteiger partial charge in [-0.2, -0.15) is 5.26 Å². The van der Waals surface area contributed by atoms with Crippen LogP contribution in [0.15, 0.2) is 18.2 Å². The predicted octanol–water partition coefficient (Wildman–Crippen LogP) is 1.57. The first-order valence-corrected chi connectivity index (χ1v) is 6.27. The van der Waals surface area contributed by atoms with Crippen molar-refractivity contribution >= 4 is 5.69 Å². The van der Waals surface area contributed by atoms with Crippen LogP contribution in [0, 0.1) is 11.3 Å². The van der Waals surface area contributed by atoms with Crippen molar-refractivity contribution in [2.24, 2.45) is 0 Å². The lowest BCUT2D eigenvalue weighted by atomic mass is 10.0. The van der Waals surface area contributed by atoms with Crippen LogP contribution in [0.2, 0.25) is 0 Å². The van der Waals surface area contributed by atoms with Gasteiger partial charge in [-0.25, -0.2) is 0 Å². The Balaban J connectivity index is 2.41. The van der Waals surface area contributed by atoms with E-state index in [0.29, 0.717) is 18.2 Å². The van der Waals surface area contributed by atoms with Gasteiger partial charge in [-0.1, -0.05) is 6.07 Å². The zero-order valence-corrected chi connectivity index (χ0v) is 10.5. The van der Waals surface area contributed by atoms with Gasteiger partial charge < -0.3 is 15.1 Å². The molecule has 2 N–H and O–H groups in total. The van der Waals surface area contributed by atoms with Crippen molar-refractivity contribution in [2.45, 2.75) is 31.9 Å². The van der Waals surface area contributed by atoms with Gasteiger partial charge in [-0.05, 0) is 31.9 Å².